The van der Waals surface area contributed by atoms with Crippen LogP contribution < -0.4 is 0 Å². The summed E-state index contributed by atoms with van der Waals surface area (Å²) in [7, 11) is 0. The molecule has 0 aliphatic carbocycles. The van der Waals surface area contributed by atoms with Crippen LogP contribution in [0.1, 0.15) is 24.0 Å². The summed E-state index contributed by atoms with van der Waals surface area (Å²) in [4.78, 5) is 12.9. The Kier molecular flexibility index (Phi) is 4.93. The Morgan fingerprint density at radius 3 is 2.68 bits per heavy atom. The van der Waals surface area contributed by atoms with Crippen LogP contribution in [0.2, 0.25) is 0 Å². The minimum absolute atomic E-state index is 0.101. The Labute approximate surface area is 114 Å². The Morgan fingerprint density at radius 2 is 2.05 bits per heavy atom. The molecular formula is C15H21NO3. The van der Waals surface area contributed by atoms with Crippen molar-refractivity contribution in [3.8, 4) is 0 Å². The number of hydrogen-bond donors (Lipinski definition) is 1. The van der Waals surface area contributed by atoms with Gasteiger partial charge in [-0.2, -0.15) is 0 Å². The molecule has 0 aromatic heterocycles. The van der Waals surface area contributed by atoms with Crippen LogP contribution in [-0.2, 0) is 16.1 Å². The molecule has 0 radical (unpaired) electrons. The Morgan fingerprint density at radius 1 is 1.37 bits per heavy atom. The number of hydrogen-bond acceptors (Lipinski definition) is 3. The lowest BCUT2D eigenvalue weighted by atomic mass is 10.0. The van der Waals surface area contributed by atoms with Gasteiger partial charge in [0.25, 0.3) is 0 Å². The summed E-state index contributed by atoms with van der Waals surface area (Å²) in [5.74, 6) is -0.887. The zero-order valence-electron chi connectivity index (χ0n) is 11.3. The molecular weight excluding hydrogens is 242 g/mol. The van der Waals surface area contributed by atoms with Gasteiger partial charge in [-0.25, -0.2) is 4.79 Å². The van der Waals surface area contributed by atoms with Crippen molar-refractivity contribution in [2.45, 2.75) is 32.4 Å². The second kappa shape index (κ2) is 6.68. The largest absolute Gasteiger partial charge is 0.480 e. The van der Waals surface area contributed by atoms with E-state index in [1.807, 2.05) is 0 Å². The Bertz CT molecular complexity index is 425. The molecule has 0 unspecified atom stereocenters. The zero-order valence-corrected chi connectivity index (χ0v) is 11.3. The minimum Gasteiger partial charge on any atom is -0.480 e. The molecule has 1 fully saturated rings. The molecule has 19 heavy (non-hydrogen) atoms. The van der Waals surface area contributed by atoms with E-state index >= 15 is 0 Å². The van der Waals surface area contributed by atoms with E-state index in [2.05, 4.69) is 36.1 Å². The molecule has 1 aliphatic heterocycles. The van der Waals surface area contributed by atoms with E-state index in [4.69, 9.17) is 9.84 Å². The van der Waals surface area contributed by atoms with Crippen molar-refractivity contribution >= 4 is 5.97 Å². The fourth-order valence-corrected chi connectivity index (χ4v) is 2.45. The lowest BCUT2D eigenvalue weighted by molar-refractivity contribution is -0.145. The molecule has 0 spiro atoms. The van der Waals surface area contributed by atoms with Gasteiger partial charge in [0.15, 0.2) is 0 Å². The summed E-state index contributed by atoms with van der Waals surface area (Å²) in [6, 6.07) is 8.44. The van der Waals surface area contributed by atoms with Crippen LogP contribution >= 0.6 is 0 Å². The molecule has 1 aromatic rings. The van der Waals surface area contributed by atoms with Crippen molar-refractivity contribution in [3.05, 3.63) is 35.4 Å². The number of carboxylic acids is 1. The second-order valence-electron chi connectivity index (χ2n) is 5.11. The quantitative estimate of drug-likeness (QED) is 0.883. The van der Waals surface area contributed by atoms with E-state index in [1.165, 1.54) is 11.1 Å². The average Bonchev–Trinajstić information content (AvgIpc) is 2.40. The topological polar surface area (TPSA) is 49.8 Å². The molecule has 4 nitrogen and oxygen atoms in total. The third-order valence-electron chi connectivity index (χ3n) is 3.63. The smallest absolute Gasteiger partial charge is 0.329 e. The minimum atomic E-state index is -0.887. The first-order valence-electron chi connectivity index (χ1n) is 6.75. The van der Waals surface area contributed by atoms with Gasteiger partial charge in [0.1, 0.15) is 6.61 Å². The van der Waals surface area contributed by atoms with Crippen LogP contribution in [0.25, 0.3) is 0 Å². The molecule has 0 atom stereocenters. The predicted molar refractivity (Wildman–Crippen MR) is 73.1 cm³/mol. The number of aryl methyl sites for hydroxylation is 1. The van der Waals surface area contributed by atoms with Gasteiger partial charge < -0.3 is 9.84 Å². The molecule has 2 rings (SSSR count). The van der Waals surface area contributed by atoms with Crippen molar-refractivity contribution < 1.29 is 14.6 Å². The number of rotatable bonds is 5. The average molecular weight is 263 g/mol. The Hall–Kier alpha value is -1.39. The summed E-state index contributed by atoms with van der Waals surface area (Å²) in [6.07, 6.45) is 1.93. The molecule has 1 aliphatic rings. The highest BCUT2D eigenvalue weighted by atomic mass is 16.5. The van der Waals surface area contributed by atoms with Crippen molar-refractivity contribution in [2.75, 3.05) is 19.7 Å². The van der Waals surface area contributed by atoms with Gasteiger partial charge in [-0.05, 0) is 30.9 Å². The van der Waals surface area contributed by atoms with Crippen LogP contribution in [0.3, 0.4) is 0 Å². The van der Waals surface area contributed by atoms with Crippen molar-refractivity contribution in [2.24, 2.45) is 0 Å². The fourth-order valence-electron chi connectivity index (χ4n) is 2.45. The predicted octanol–water partition coefficient (Wildman–Crippen LogP) is 2.06. The fraction of sp³-hybridized carbons (Fsp3) is 0.533. The number of aliphatic carboxylic acids is 1. The molecule has 0 bridgehead atoms. The van der Waals surface area contributed by atoms with Crippen molar-refractivity contribution in [1.82, 2.24) is 4.90 Å². The normalized spacial score (nSPS) is 17.5. The third-order valence-corrected chi connectivity index (χ3v) is 3.63. The highest BCUT2D eigenvalue weighted by molar-refractivity contribution is 5.68. The first kappa shape index (κ1) is 14.0. The molecule has 4 heteroatoms. The first-order chi connectivity index (χ1) is 9.15. The highest BCUT2D eigenvalue weighted by Crippen LogP contribution is 2.17. The van der Waals surface area contributed by atoms with Gasteiger partial charge in [0.2, 0.25) is 0 Å². The van der Waals surface area contributed by atoms with Gasteiger partial charge in [-0.3, -0.25) is 4.90 Å². The monoisotopic (exact) mass is 263 g/mol. The van der Waals surface area contributed by atoms with Crippen LogP contribution in [0.15, 0.2) is 24.3 Å². The number of benzene rings is 1. The number of piperidine rings is 1. The van der Waals surface area contributed by atoms with Gasteiger partial charge in [-0.1, -0.05) is 24.3 Å². The SMILES string of the molecule is Cc1ccccc1CN1CCC(OCC(=O)O)CC1. The maximum Gasteiger partial charge on any atom is 0.329 e. The second-order valence-corrected chi connectivity index (χ2v) is 5.11. The molecule has 1 heterocycles. The van der Waals surface area contributed by atoms with E-state index in [1.54, 1.807) is 0 Å². The van der Waals surface area contributed by atoms with Crippen molar-refractivity contribution in [1.29, 1.82) is 0 Å². The third kappa shape index (κ3) is 4.33. The zero-order chi connectivity index (χ0) is 13.7. The molecule has 1 aromatic carbocycles. The number of ether oxygens (including phenoxy) is 1. The van der Waals surface area contributed by atoms with Gasteiger partial charge >= 0.3 is 5.97 Å². The van der Waals surface area contributed by atoms with Crippen LogP contribution in [-0.4, -0.2) is 41.8 Å². The highest BCUT2D eigenvalue weighted by Gasteiger charge is 2.20. The molecule has 0 amide bonds. The maximum atomic E-state index is 10.4. The van der Waals surface area contributed by atoms with E-state index in [9.17, 15) is 4.79 Å². The molecule has 0 saturated carbocycles. The lowest BCUT2D eigenvalue weighted by Gasteiger charge is -2.31. The summed E-state index contributed by atoms with van der Waals surface area (Å²) < 4.78 is 5.34. The van der Waals surface area contributed by atoms with E-state index in [0.717, 1.165) is 32.5 Å². The van der Waals surface area contributed by atoms with Gasteiger partial charge in [0, 0.05) is 19.6 Å². The van der Waals surface area contributed by atoms with Gasteiger partial charge in [-0.15, -0.1) is 0 Å². The van der Waals surface area contributed by atoms with E-state index < -0.39 is 5.97 Å². The lowest BCUT2D eigenvalue weighted by Crippen LogP contribution is -2.37. The first-order valence-corrected chi connectivity index (χ1v) is 6.75. The maximum absolute atomic E-state index is 10.4. The van der Waals surface area contributed by atoms with Crippen LogP contribution in [0, 0.1) is 6.92 Å². The summed E-state index contributed by atoms with van der Waals surface area (Å²) in [5, 5.41) is 8.59. The van der Waals surface area contributed by atoms with Gasteiger partial charge in [0.05, 0.1) is 6.10 Å². The summed E-state index contributed by atoms with van der Waals surface area (Å²) in [5.41, 5.74) is 2.69. The van der Waals surface area contributed by atoms with Crippen LogP contribution in [0.4, 0.5) is 0 Å². The Balaban J connectivity index is 1.77. The number of likely N-dealkylation sites (tertiary alicyclic amines) is 1. The molecule has 104 valence electrons. The molecule has 1 saturated heterocycles. The standard InChI is InChI=1S/C15H21NO3/c1-12-4-2-3-5-13(12)10-16-8-6-14(7-9-16)19-11-15(17)18/h2-5,14H,6-11H2,1H3,(H,17,18). The van der Waals surface area contributed by atoms with E-state index in [-0.39, 0.29) is 12.7 Å². The number of carboxylic acid groups (broad SMARTS) is 1. The molecule has 1 N–H and O–H groups in total. The van der Waals surface area contributed by atoms with E-state index in [0.29, 0.717) is 0 Å². The van der Waals surface area contributed by atoms with Crippen molar-refractivity contribution in [3.63, 3.8) is 0 Å². The number of carbonyl (C=O) groups is 1. The summed E-state index contributed by atoms with van der Waals surface area (Å²) in [6.45, 7) is 4.87. The number of nitrogens with zero attached hydrogens (tertiary/aromatic N) is 1. The van der Waals surface area contributed by atoms with Crippen LogP contribution in [0.5, 0.6) is 0 Å². The summed E-state index contributed by atoms with van der Waals surface area (Å²) >= 11 is 0.